The third-order valence-electron chi connectivity index (χ3n) is 2.17. The maximum absolute atomic E-state index is 3.72. The standard InChI is InChI=1S/C11H15N/c1-4-10-6-8-11(9-7-10)12(3)5-2/h4,6-9H,1,5H2,2-3H3/p+1. The van der Waals surface area contributed by atoms with Crippen LogP contribution in [-0.2, 0) is 0 Å². The number of hydrogen-bond acceptors (Lipinski definition) is 0. The normalized spacial score (nSPS) is 12.5. The Morgan fingerprint density at radius 2 is 1.92 bits per heavy atom. The van der Waals surface area contributed by atoms with E-state index >= 15 is 0 Å². The van der Waals surface area contributed by atoms with Crippen LogP contribution in [0.5, 0.6) is 0 Å². The number of nitrogens with one attached hydrogen (secondary N) is 1. The number of benzene rings is 1. The van der Waals surface area contributed by atoms with Gasteiger partial charge in [0.1, 0.15) is 5.69 Å². The van der Waals surface area contributed by atoms with Gasteiger partial charge in [-0.25, -0.2) is 0 Å². The number of hydrogen-bond donors (Lipinski definition) is 1. The minimum Gasteiger partial charge on any atom is -0.305 e. The quantitative estimate of drug-likeness (QED) is 0.687. The van der Waals surface area contributed by atoms with E-state index < -0.39 is 0 Å². The van der Waals surface area contributed by atoms with Crippen molar-refractivity contribution in [2.24, 2.45) is 0 Å². The second-order valence-corrected chi connectivity index (χ2v) is 2.96. The lowest BCUT2D eigenvalue weighted by atomic mass is 10.2. The van der Waals surface area contributed by atoms with Crippen LogP contribution < -0.4 is 4.90 Å². The summed E-state index contributed by atoms with van der Waals surface area (Å²) in [5.74, 6) is 0. The van der Waals surface area contributed by atoms with Crippen LogP contribution in [0.2, 0.25) is 0 Å². The molecule has 1 rings (SSSR count). The van der Waals surface area contributed by atoms with Crippen molar-refractivity contribution in [2.75, 3.05) is 13.6 Å². The van der Waals surface area contributed by atoms with Gasteiger partial charge in [0.15, 0.2) is 0 Å². The summed E-state index contributed by atoms with van der Waals surface area (Å²) in [6, 6.07) is 8.49. The van der Waals surface area contributed by atoms with Gasteiger partial charge < -0.3 is 4.90 Å². The fourth-order valence-corrected chi connectivity index (χ4v) is 1.11. The van der Waals surface area contributed by atoms with Gasteiger partial charge in [0.2, 0.25) is 0 Å². The van der Waals surface area contributed by atoms with Crippen molar-refractivity contribution < 1.29 is 4.90 Å². The molecule has 1 heteroatoms. The highest BCUT2D eigenvalue weighted by Gasteiger charge is 2.00. The van der Waals surface area contributed by atoms with Crippen LogP contribution in [0.3, 0.4) is 0 Å². The summed E-state index contributed by atoms with van der Waals surface area (Å²) in [5, 5.41) is 0. The van der Waals surface area contributed by atoms with Gasteiger partial charge in [-0.15, -0.1) is 0 Å². The van der Waals surface area contributed by atoms with Crippen molar-refractivity contribution >= 4 is 11.8 Å². The summed E-state index contributed by atoms with van der Waals surface area (Å²) in [6.07, 6.45) is 1.87. The zero-order valence-electron chi connectivity index (χ0n) is 7.80. The Bertz CT molecular complexity index is 248. The molecule has 12 heavy (non-hydrogen) atoms. The Balaban J connectivity index is 2.84. The molecule has 0 radical (unpaired) electrons. The van der Waals surface area contributed by atoms with Gasteiger partial charge in [0, 0.05) is 0 Å². The zero-order chi connectivity index (χ0) is 8.97. The van der Waals surface area contributed by atoms with E-state index in [9.17, 15) is 0 Å². The molecule has 0 heterocycles. The predicted molar refractivity (Wildman–Crippen MR) is 53.6 cm³/mol. The molecule has 1 nitrogen and oxygen atoms in total. The molecule has 0 fully saturated rings. The molecule has 0 aromatic heterocycles. The maximum atomic E-state index is 3.72. The molecule has 1 N–H and O–H groups in total. The van der Waals surface area contributed by atoms with E-state index in [-0.39, 0.29) is 0 Å². The van der Waals surface area contributed by atoms with Crippen LogP contribution in [0.4, 0.5) is 5.69 Å². The summed E-state index contributed by atoms with van der Waals surface area (Å²) in [5.41, 5.74) is 2.52. The minimum atomic E-state index is 1.12. The Morgan fingerprint density at radius 3 is 2.33 bits per heavy atom. The molecule has 0 aliphatic carbocycles. The van der Waals surface area contributed by atoms with Crippen molar-refractivity contribution in [3.63, 3.8) is 0 Å². The van der Waals surface area contributed by atoms with Crippen LogP contribution in [0.25, 0.3) is 6.08 Å². The van der Waals surface area contributed by atoms with Gasteiger partial charge >= 0.3 is 0 Å². The van der Waals surface area contributed by atoms with Gasteiger partial charge in [-0.2, -0.15) is 0 Å². The highest BCUT2D eigenvalue weighted by molar-refractivity contribution is 5.49. The average Bonchev–Trinajstić information content (AvgIpc) is 2.17. The van der Waals surface area contributed by atoms with Crippen LogP contribution in [-0.4, -0.2) is 13.6 Å². The second-order valence-electron chi connectivity index (χ2n) is 2.96. The lowest BCUT2D eigenvalue weighted by Crippen LogP contribution is -3.03. The first-order valence-corrected chi connectivity index (χ1v) is 4.33. The minimum absolute atomic E-state index is 1.12. The number of rotatable bonds is 3. The third kappa shape index (κ3) is 1.95. The molecule has 1 atom stereocenters. The Kier molecular flexibility index (Phi) is 3.06. The highest BCUT2D eigenvalue weighted by Crippen LogP contribution is 2.05. The molecule has 0 amide bonds. The van der Waals surface area contributed by atoms with E-state index in [4.69, 9.17) is 0 Å². The molecule has 1 aromatic carbocycles. The molecule has 1 aromatic rings. The fraction of sp³-hybridized carbons (Fsp3) is 0.273. The van der Waals surface area contributed by atoms with Crippen molar-refractivity contribution in [3.05, 3.63) is 36.4 Å². The van der Waals surface area contributed by atoms with E-state index in [1.165, 1.54) is 16.2 Å². The first kappa shape index (κ1) is 9.01. The van der Waals surface area contributed by atoms with Gasteiger partial charge in [-0.3, -0.25) is 0 Å². The topological polar surface area (TPSA) is 4.44 Å². The SMILES string of the molecule is C=Cc1ccc([NH+](C)CC)cc1. The molecule has 0 aliphatic rings. The summed E-state index contributed by atoms with van der Waals surface area (Å²) in [7, 11) is 2.17. The van der Waals surface area contributed by atoms with Crippen LogP contribution in [0.15, 0.2) is 30.8 Å². The van der Waals surface area contributed by atoms with Crippen LogP contribution in [0.1, 0.15) is 12.5 Å². The van der Waals surface area contributed by atoms with Gasteiger partial charge in [-0.1, -0.05) is 12.7 Å². The lowest BCUT2D eigenvalue weighted by Gasteiger charge is -2.10. The summed E-state index contributed by atoms with van der Waals surface area (Å²) >= 11 is 0. The summed E-state index contributed by atoms with van der Waals surface area (Å²) in [6.45, 7) is 7.01. The van der Waals surface area contributed by atoms with Crippen LogP contribution in [0, 0.1) is 0 Å². The van der Waals surface area contributed by atoms with Gasteiger partial charge in [0.05, 0.1) is 13.6 Å². The van der Waals surface area contributed by atoms with Crippen molar-refractivity contribution in [2.45, 2.75) is 6.92 Å². The Hall–Kier alpha value is -1.08. The first-order valence-electron chi connectivity index (χ1n) is 4.33. The molecule has 0 bridgehead atoms. The van der Waals surface area contributed by atoms with E-state index in [0.29, 0.717) is 0 Å². The average molecular weight is 162 g/mol. The number of quaternary nitrogens is 1. The van der Waals surface area contributed by atoms with E-state index in [2.05, 4.69) is 44.8 Å². The smallest absolute Gasteiger partial charge is 0.131 e. The van der Waals surface area contributed by atoms with Gasteiger partial charge in [-0.05, 0) is 36.8 Å². The molecule has 0 spiro atoms. The summed E-state index contributed by atoms with van der Waals surface area (Å²) < 4.78 is 0. The van der Waals surface area contributed by atoms with Crippen molar-refractivity contribution in [1.29, 1.82) is 0 Å². The van der Waals surface area contributed by atoms with Gasteiger partial charge in [0.25, 0.3) is 0 Å². The van der Waals surface area contributed by atoms with E-state index in [1.54, 1.807) is 0 Å². The lowest BCUT2D eigenvalue weighted by molar-refractivity contribution is -0.807. The molecular weight excluding hydrogens is 146 g/mol. The molecule has 0 aliphatic heterocycles. The second kappa shape index (κ2) is 4.07. The Labute approximate surface area is 74.3 Å². The molecular formula is C11H16N+. The predicted octanol–water partition coefficient (Wildman–Crippen LogP) is 1.50. The fourth-order valence-electron chi connectivity index (χ4n) is 1.11. The monoisotopic (exact) mass is 162 g/mol. The van der Waals surface area contributed by atoms with Crippen molar-refractivity contribution in [1.82, 2.24) is 0 Å². The van der Waals surface area contributed by atoms with Crippen molar-refractivity contribution in [3.8, 4) is 0 Å². The molecule has 0 saturated heterocycles. The molecule has 64 valence electrons. The third-order valence-corrected chi connectivity index (χ3v) is 2.17. The highest BCUT2D eigenvalue weighted by atomic mass is 15.1. The van der Waals surface area contributed by atoms with Crippen LogP contribution >= 0.6 is 0 Å². The zero-order valence-corrected chi connectivity index (χ0v) is 7.80. The maximum Gasteiger partial charge on any atom is 0.131 e. The molecule has 1 unspecified atom stereocenters. The summed E-state index contributed by atoms with van der Waals surface area (Å²) in [4.78, 5) is 1.44. The van der Waals surface area contributed by atoms with E-state index in [0.717, 1.165) is 6.54 Å². The largest absolute Gasteiger partial charge is 0.305 e. The molecule has 0 saturated carbocycles. The first-order chi connectivity index (χ1) is 5.77. The Morgan fingerprint density at radius 1 is 1.33 bits per heavy atom. The van der Waals surface area contributed by atoms with E-state index in [1.807, 2.05) is 6.08 Å².